The van der Waals surface area contributed by atoms with Gasteiger partial charge in [0.2, 0.25) is 5.13 Å². The number of aromatic nitrogens is 2. The monoisotopic (exact) mass is 215 g/mol. The van der Waals surface area contributed by atoms with Crippen molar-refractivity contribution in [1.29, 1.82) is 0 Å². The molecule has 0 saturated heterocycles. The van der Waals surface area contributed by atoms with Crippen molar-refractivity contribution in [2.75, 3.05) is 4.72 Å². The molecule has 0 atom stereocenters. The molecule has 13 heavy (non-hydrogen) atoms. The summed E-state index contributed by atoms with van der Waals surface area (Å²) >= 11 is 3.23. The number of nitrogens with one attached hydrogen (secondary N) is 1. The Kier molecular flexibility index (Phi) is 3.43. The Hall–Kier alpha value is -0.290. The minimum atomic E-state index is 0.776. The second-order valence-corrected chi connectivity index (χ2v) is 5.11. The molecule has 0 unspecified atom stereocenters. The van der Waals surface area contributed by atoms with Crippen LogP contribution in [0.1, 0.15) is 32.1 Å². The highest BCUT2D eigenvalue weighted by Gasteiger charge is 2.14. The predicted molar refractivity (Wildman–Crippen MR) is 58.0 cm³/mol. The largest absolute Gasteiger partial charge is 0.304 e. The van der Waals surface area contributed by atoms with Gasteiger partial charge in [0.25, 0.3) is 0 Å². The minimum Gasteiger partial charge on any atom is -0.304 e. The van der Waals surface area contributed by atoms with Crippen molar-refractivity contribution >= 4 is 28.6 Å². The van der Waals surface area contributed by atoms with E-state index in [2.05, 4.69) is 14.1 Å². The van der Waals surface area contributed by atoms with Gasteiger partial charge < -0.3 is 4.72 Å². The number of anilines is 1. The van der Waals surface area contributed by atoms with Crippen LogP contribution in [0.2, 0.25) is 0 Å². The van der Waals surface area contributed by atoms with Crippen molar-refractivity contribution in [1.82, 2.24) is 9.36 Å². The van der Waals surface area contributed by atoms with E-state index in [0.29, 0.717) is 0 Å². The highest BCUT2D eigenvalue weighted by atomic mass is 32.2. The molecule has 1 aromatic rings. The van der Waals surface area contributed by atoms with E-state index in [1.165, 1.54) is 43.6 Å². The summed E-state index contributed by atoms with van der Waals surface area (Å²) in [6.07, 6.45) is 8.46. The summed E-state index contributed by atoms with van der Waals surface area (Å²) in [6, 6.07) is 0. The average Bonchev–Trinajstić information content (AvgIpc) is 2.69. The molecule has 3 nitrogen and oxygen atoms in total. The van der Waals surface area contributed by atoms with Gasteiger partial charge in [0.15, 0.2) is 0 Å². The van der Waals surface area contributed by atoms with Gasteiger partial charge in [-0.1, -0.05) is 19.3 Å². The molecule has 0 spiro atoms. The fourth-order valence-electron chi connectivity index (χ4n) is 1.53. The van der Waals surface area contributed by atoms with E-state index in [4.69, 9.17) is 0 Å². The van der Waals surface area contributed by atoms with Crippen LogP contribution in [-0.2, 0) is 0 Å². The van der Waals surface area contributed by atoms with Crippen molar-refractivity contribution in [3.8, 4) is 0 Å². The predicted octanol–water partition coefficient (Wildman–Crippen LogP) is 2.93. The number of rotatable bonds is 3. The van der Waals surface area contributed by atoms with Crippen LogP contribution in [0.15, 0.2) is 6.33 Å². The van der Waals surface area contributed by atoms with Crippen LogP contribution in [0.3, 0.4) is 0 Å². The lowest BCUT2D eigenvalue weighted by Gasteiger charge is -2.20. The zero-order valence-corrected chi connectivity index (χ0v) is 9.03. The first-order valence-electron chi connectivity index (χ1n) is 4.63. The summed E-state index contributed by atoms with van der Waals surface area (Å²) in [6.45, 7) is 0. The summed E-state index contributed by atoms with van der Waals surface area (Å²) in [5.74, 6) is 0. The summed E-state index contributed by atoms with van der Waals surface area (Å²) in [5, 5.41) is 1.70. The van der Waals surface area contributed by atoms with Gasteiger partial charge in [0.1, 0.15) is 6.33 Å². The van der Waals surface area contributed by atoms with Gasteiger partial charge >= 0.3 is 0 Å². The minimum absolute atomic E-state index is 0.776. The molecule has 72 valence electrons. The fourth-order valence-corrected chi connectivity index (χ4v) is 3.01. The van der Waals surface area contributed by atoms with Crippen molar-refractivity contribution < 1.29 is 0 Å². The van der Waals surface area contributed by atoms with Gasteiger partial charge in [0.05, 0.1) is 0 Å². The molecule has 1 N–H and O–H groups in total. The quantitative estimate of drug-likeness (QED) is 0.787. The van der Waals surface area contributed by atoms with Gasteiger partial charge in [-0.25, -0.2) is 4.98 Å². The summed E-state index contributed by atoms with van der Waals surface area (Å²) < 4.78 is 7.20. The number of hydrogen-bond acceptors (Lipinski definition) is 5. The first-order valence-corrected chi connectivity index (χ1v) is 6.29. The molecule has 0 amide bonds. The molecular weight excluding hydrogens is 202 g/mol. The zero-order chi connectivity index (χ0) is 8.93. The molecule has 2 rings (SSSR count). The van der Waals surface area contributed by atoms with Crippen LogP contribution in [0.4, 0.5) is 5.13 Å². The summed E-state index contributed by atoms with van der Waals surface area (Å²) in [7, 11) is 0. The third-order valence-corrected chi connectivity index (χ3v) is 4.05. The van der Waals surface area contributed by atoms with E-state index >= 15 is 0 Å². The zero-order valence-electron chi connectivity index (χ0n) is 7.40. The Morgan fingerprint density at radius 2 is 2.23 bits per heavy atom. The van der Waals surface area contributed by atoms with Gasteiger partial charge in [0, 0.05) is 16.8 Å². The molecule has 5 heteroatoms. The van der Waals surface area contributed by atoms with Crippen molar-refractivity contribution in [3.63, 3.8) is 0 Å². The molecule has 1 fully saturated rings. The van der Waals surface area contributed by atoms with E-state index in [1.807, 2.05) is 11.9 Å². The normalized spacial score (nSPS) is 18.8. The van der Waals surface area contributed by atoms with E-state index < -0.39 is 0 Å². The van der Waals surface area contributed by atoms with Crippen molar-refractivity contribution in [3.05, 3.63) is 6.33 Å². The first kappa shape index (κ1) is 9.27. The lowest BCUT2D eigenvalue weighted by Crippen LogP contribution is -2.10. The lowest BCUT2D eigenvalue weighted by molar-refractivity contribution is 0.516. The highest BCUT2D eigenvalue weighted by Crippen LogP contribution is 2.28. The van der Waals surface area contributed by atoms with Crippen molar-refractivity contribution in [2.45, 2.75) is 37.4 Å². The molecule has 0 radical (unpaired) electrons. The Labute approximate surface area is 86.6 Å². The maximum Gasteiger partial charge on any atom is 0.212 e. The Morgan fingerprint density at radius 1 is 1.38 bits per heavy atom. The van der Waals surface area contributed by atoms with E-state index in [-0.39, 0.29) is 0 Å². The molecule has 0 bridgehead atoms. The van der Waals surface area contributed by atoms with Crippen molar-refractivity contribution in [2.24, 2.45) is 0 Å². The fraction of sp³-hybridized carbons (Fsp3) is 0.750. The molecule has 1 heterocycles. The van der Waals surface area contributed by atoms with Crippen LogP contribution in [0, 0.1) is 0 Å². The number of hydrogen-bond donors (Lipinski definition) is 1. The standard InChI is InChI=1S/C8H13N3S2/c1-2-4-7(5-3-1)12-11-8-9-6-10-13-8/h6-7H,1-5H2,(H,9,10,11). The second-order valence-electron chi connectivity index (χ2n) is 3.23. The summed E-state index contributed by atoms with van der Waals surface area (Å²) in [4.78, 5) is 4.08. The Bertz CT molecular complexity index is 232. The highest BCUT2D eigenvalue weighted by molar-refractivity contribution is 8.01. The molecule has 1 aromatic heterocycles. The lowest BCUT2D eigenvalue weighted by atomic mass is 10.0. The maximum atomic E-state index is 4.08. The van der Waals surface area contributed by atoms with Gasteiger partial charge in [-0.3, -0.25) is 0 Å². The van der Waals surface area contributed by atoms with Gasteiger partial charge in [-0.05, 0) is 24.8 Å². The third-order valence-electron chi connectivity index (χ3n) is 2.23. The molecule has 0 aliphatic heterocycles. The van der Waals surface area contributed by atoms with E-state index in [0.717, 1.165) is 10.4 Å². The average molecular weight is 215 g/mol. The Morgan fingerprint density at radius 3 is 2.92 bits per heavy atom. The summed E-state index contributed by atoms with van der Waals surface area (Å²) in [5.41, 5.74) is 0. The molecule has 0 aromatic carbocycles. The van der Waals surface area contributed by atoms with E-state index in [9.17, 15) is 0 Å². The van der Waals surface area contributed by atoms with Gasteiger partial charge in [-0.15, -0.1) is 0 Å². The maximum absolute atomic E-state index is 4.08. The molecular formula is C8H13N3S2. The Balaban J connectivity index is 1.72. The third kappa shape index (κ3) is 2.84. The van der Waals surface area contributed by atoms with Crippen LogP contribution < -0.4 is 4.72 Å². The molecule has 1 saturated carbocycles. The molecule has 1 aliphatic carbocycles. The topological polar surface area (TPSA) is 37.8 Å². The van der Waals surface area contributed by atoms with Crippen LogP contribution in [-0.4, -0.2) is 14.6 Å². The smallest absolute Gasteiger partial charge is 0.212 e. The van der Waals surface area contributed by atoms with Crippen LogP contribution in [0.5, 0.6) is 0 Å². The SMILES string of the molecule is c1nsc(NSC2CCCCC2)n1. The van der Waals surface area contributed by atoms with Crippen LogP contribution >= 0.6 is 23.5 Å². The van der Waals surface area contributed by atoms with E-state index in [1.54, 1.807) is 6.33 Å². The first-order chi connectivity index (χ1) is 6.45. The van der Waals surface area contributed by atoms with Gasteiger partial charge in [-0.2, -0.15) is 4.37 Å². The molecule has 1 aliphatic rings. The van der Waals surface area contributed by atoms with Crippen LogP contribution in [0.25, 0.3) is 0 Å². The second kappa shape index (κ2) is 4.81. The number of nitrogens with zero attached hydrogens (tertiary/aromatic N) is 2.